The summed E-state index contributed by atoms with van der Waals surface area (Å²) in [5, 5.41) is -1.31. The highest BCUT2D eigenvalue weighted by Crippen LogP contribution is 2.47. The maximum absolute atomic E-state index is 13.4. The molecule has 0 fully saturated rings. The predicted molar refractivity (Wildman–Crippen MR) is 99.5 cm³/mol. The number of hydrogen-bond acceptors (Lipinski definition) is 4. The quantitative estimate of drug-likeness (QED) is 0.214. The lowest BCUT2D eigenvalue weighted by molar-refractivity contribution is -0.138. The highest BCUT2D eigenvalue weighted by Gasteiger charge is 2.49. The number of carbonyl (C=O) groups excluding carboxylic acids is 1. The number of allylic oxidation sites excluding steroid dienone is 2. The molecule has 1 amide bonds. The van der Waals surface area contributed by atoms with Crippen LogP contribution in [-0.4, -0.2) is 15.9 Å². The Hall–Kier alpha value is -2.67. The topological polar surface area (TPSA) is 80.9 Å². The average molecular weight is 485 g/mol. The van der Waals surface area contributed by atoms with Crippen molar-refractivity contribution < 1.29 is 31.1 Å². The number of nitrogens with one attached hydrogen (secondary N) is 1. The minimum Gasteiger partial charge on any atom is -0.285 e. The van der Waals surface area contributed by atoms with E-state index in [-0.39, 0.29) is 5.70 Å². The van der Waals surface area contributed by atoms with Gasteiger partial charge in [-0.3, -0.25) is 10.2 Å². The van der Waals surface area contributed by atoms with E-state index in [0.29, 0.717) is 24.5 Å². The lowest BCUT2D eigenvalue weighted by Crippen LogP contribution is -2.46. The Morgan fingerprint density at radius 3 is 2.23 bits per heavy atom. The Morgan fingerprint density at radius 2 is 1.68 bits per heavy atom. The smallest absolute Gasteiger partial charge is 0.285 e. The molecule has 0 saturated heterocycles. The van der Waals surface area contributed by atoms with Gasteiger partial charge in [-0.15, -0.1) is 0 Å². The minimum absolute atomic E-state index is 0.320. The van der Waals surface area contributed by atoms with E-state index in [0.717, 1.165) is 0 Å². The Bertz CT molecular complexity index is 1120. The van der Waals surface area contributed by atoms with Crippen molar-refractivity contribution in [2.75, 3.05) is 0 Å². The molecule has 1 unspecified atom stereocenters. The molecule has 0 radical (unpaired) electrons. The summed E-state index contributed by atoms with van der Waals surface area (Å²) < 4.78 is 78.2. The van der Waals surface area contributed by atoms with Gasteiger partial charge in [-0.25, -0.2) is 15.8 Å². The van der Waals surface area contributed by atoms with E-state index in [1.807, 2.05) is 5.43 Å². The summed E-state index contributed by atoms with van der Waals surface area (Å²) in [5.74, 6) is 3.33. The largest absolute Gasteiger partial charge is 0.418 e. The first kappa shape index (κ1) is 23.0. The van der Waals surface area contributed by atoms with Crippen molar-refractivity contribution in [3.63, 3.8) is 0 Å². The zero-order valence-corrected chi connectivity index (χ0v) is 16.4. The molecule has 0 bridgehead atoms. The first-order chi connectivity index (χ1) is 14.3. The van der Waals surface area contributed by atoms with Crippen LogP contribution in [0, 0.1) is 0 Å². The number of amides is 1. The van der Waals surface area contributed by atoms with Crippen molar-refractivity contribution >= 4 is 40.7 Å². The maximum atomic E-state index is 13.4. The molecule has 1 aliphatic rings. The molecule has 14 heteroatoms. The molecule has 1 aliphatic heterocycles. The normalized spacial score (nSPS) is 18.8. The molecule has 6 nitrogen and oxygen atoms in total. The maximum Gasteiger partial charge on any atom is 0.418 e. The van der Waals surface area contributed by atoms with Crippen LogP contribution in [0.1, 0.15) is 11.1 Å². The fraction of sp³-hybridized carbons (Fsp3) is 0.118. The van der Waals surface area contributed by atoms with E-state index >= 15 is 0 Å². The average Bonchev–Trinajstić information content (AvgIpc) is 3.11. The molecule has 3 rings (SSSR count). The minimum atomic E-state index is -4.89. The number of pyridine rings is 2. The third-order valence-electron chi connectivity index (χ3n) is 4.30. The fourth-order valence-corrected chi connectivity index (χ4v) is 3.46. The summed E-state index contributed by atoms with van der Waals surface area (Å²) in [7, 11) is 0. The van der Waals surface area contributed by atoms with Crippen molar-refractivity contribution in [1.82, 2.24) is 19.9 Å². The van der Waals surface area contributed by atoms with E-state index in [1.54, 1.807) is 0 Å². The van der Waals surface area contributed by atoms with Gasteiger partial charge in [0.2, 0.25) is 11.5 Å². The van der Waals surface area contributed by atoms with Crippen molar-refractivity contribution in [1.29, 1.82) is 0 Å². The summed E-state index contributed by atoms with van der Waals surface area (Å²) in [6.07, 6.45) is -4.92. The highest BCUT2D eigenvalue weighted by atomic mass is 35.5. The summed E-state index contributed by atoms with van der Waals surface area (Å²) >= 11 is 11.7. The van der Waals surface area contributed by atoms with E-state index in [1.165, 1.54) is 18.4 Å². The number of rotatable bonds is 3. The lowest BCUT2D eigenvalue weighted by atomic mass is 10.2. The number of nitrogens with zero attached hydrogens (tertiary/aromatic N) is 3. The number of nitrogens with two attached hydrogens (primary N) is 1. The monoisotopic (exact) mass is 484 g/mol. The van der Waals surface area contributed by atoms with Crippen LogP contribution in [-0.2, 0) is 17.1 Å². The Kier molecular flexibility index (Phi) is 5.78. The van der Waals surface area contributed by atoms with Crippen LogP contribution >= 0.6 is 23.2 Å². The molecular weight excluding hydrogens is 475 g/mol. The van der Waals surface area contributed by atoms with Gasteiger partial charge < -0.3 is 0 Å². The van der Waals surface area contributed by atoms with Crippen molar-refractivity contribution in [2.45, 2.75) is 12.4 Å². The third-order valence-corrected chi connectivity index (χ3v) is 4.88. The summed E-state index contributed by atoms with van der Waals surface area (Å²) in [6.45, 7) is 0. The SMILES string of the molecule is NNC(=O)C1=CC=C[N+]1(c1cc(C(F)(F)F)c(Cl)cn1)c1ncc(C(F)(F)F)cc1Cl. The van der Waals surface area contributed by atoms with Crippen molar-refractivity contribution in [2.24, 2.45) is 5.84 Å². The first-order valence-corrected chi connectivity index (χ1v) is 8.84. The molecular formula is C17H10Cl2F6N5O+. The molecule has 164 valence electrons. The molecule has 31 heavy (non-hydrogen) atoms. The van der Waals surface area contributed by atoms with Gasteiger partial charge >= 0.3 is 18.3 Å². The zero-order valence-electron chi connectivity index (χ0n) is 14.9. The van der Waals surface area contributed by atoms with Crippen LogP contribution in [0.3, 0.4) is 0 Å². The van der Waals surface area contributed by atoms with Gasteiger partial charge in [-0.2, -0.15) is 30.8 Å². The number of carbonyl (C=O) groups is 1. The van der Waals surface area contributed by atoms with E-state index in [2.05, 4.69) is 9.97 Å². The summed E-state index contributed by atoms with van der Waals surface area (Å²) in [4.78, 5) is 20.0. The highest BCUT2D eigenvalue weighted by molar-refractivity contribution is 6.33. The van der Waals surface area contributed by atoms with Crippen LogP contribution < -0.4 is 15.8 Å². The number of halogens is 8. The second-order valence-corrected chi connectivity index (χ2v) is 6.95. The molecule has 2 aromatic heterocycles. The zero-order chi connectivity index (χ0) is 23.2. The first-order valence-electron chi connectivity index (χ1n) is 8.08. The van der Waals surface area contributed by atoms with Crippen molar-refractivity contribution in [3.8, 4) is 0 Å². The molecule has 3 N–H and O–H groups in total. The van der Waals surface area contributed by atoms with Crippen molar-refractivity contribution in [3.05, 3.63) is 69.7 Å². The lowest BCUT2D eigenvalue weighted by Gasteiger charge is -2.30. The standard InChI is InChI=1S/C17H9Cl2F6N5O/c18-10-4-8(16(20,21)22)6-28-14(10)30(3-1-2-12(30)15(31)29-26)13-5-9(17(23,24)25)11(19)7-27-13/h1-7H,26H2/p+1. The van der Waals surface area contributed by atoms with Crippen LogP contribution in [0.15, 0.2) is 48.6 Å². The Balaban J connectivity index is 2.34. The second kappa shape index (κ2) is 7.79. The van der Waals surface area contributed by atoms with Gasteiger partial charge in [0.1, 0.15) is 11.2 Å². The molecule has 0 aliphatic carbocycles. The fourth-order valence-electron chi connectivity index (χ4n) is 2.95. The number of quaternary nitrogens is 1. The van der Waals surface area contributed by atoms with Gasteiger partial charge in [0, 0.05) is 18.3 Å². The van der Waals surface area contributed by atoms with E-state index in [4.69, 9.17) is 29.0 Å². The predicted octanol–water partition coefficient (Wildman–Crippen LogP) is 4.86. The third kappa shape index (κ3) is 3.99. The summed E-state index contributed by atoms with van der Waals surface area (Å²) in [5.41, 5.74) is -0.980. The van der Waals surface area contributed by atoms with Crippen LogP contribution in [0.25, 0.3) is 0 Å². The van der Waals surface area contributed by atoms with Gasteiger partial charge in [0.15, 0.2) is 0 Å². The van der Waals surface area contributed by atoms with Gasteiger partial charge in [0.25, 0.3) is 5.82 Å². The van der Waals surface area contributed by atoms with E-state index < -0.39 is 55.6 Å². The molecule has 0 spiro atoms. The number of hydrazine groups is 1. The number of hydrogen-bond donors (Lipinski definition) is 2. The van der Waals surface area contributed by atoms with Crippen LogP contribution in [0.5, 0.6) is 0 Å². The number of aromatic nitrogens is 2. The molecule has 2 aromatic rings. The molecule has 1 atom stereocenters. The van der Waals surface area contributed by atoms with Crippen LogP contribution in [0.4, 0.5) is 38.0 Å². The Labute approximate surface area is 180 Å². The summed E-state index contributed by atoms with van der Waals surface area (Å²) in [6, 6.07) is 1.08. The number of alkyl halides is 6. The molecule has 0 aromatic carbocycles. The van der Waals surface area contributed by atoms with E-state index in [9.17, 15) is 31.1 Å². The molecule has 3 heterocycles. The van der Waals surface area contributed by atoms with Crippen LogP contribution in [0.2, 0.25) is 10.0 Å². The Morgan fingerprint density at radius 1 is 1.00 bits per heavy atom. The van der Waals surface area contributed by atoms with Gasteiger partial charge in [-0.05, 0) is 12.1 Å². The molecule has 0 saturated carbocycles. The second-order valence-electron chi connectivity index (χ2n) is 6.14. The van der Waals surface area contributed by atoms with Gasteiger partial charge in [0.05, 0.1) is 22.3 Å². The van der Waals surface area contributed by atoms with Gasteiger partial charge in [-0.1, -0.05) is 23.2 Å².